The molecule has 1 aliphatic heterocycles. The van der Waals surface area contributed by atoms with E-state index in [1.807, 2.05) is 0 Å². The van der Waals surface area contributed by atoms with E-state index in [0.717, 1.165) is 6.42 Å². The van der Waals surface area contributed by atoms with Gasteiger partial charge in [-0.2, -0.15) is 0 Å². The number of nitrogens with one attached hydrogen (secondary N) is 1. The molecule has 1 N–H and O–H groups in total. The van der Waals surface area contributed by atoms with Crippen molar-refractivity contribution in [1.82, 2.24) is 8.43 Å². The molecule has 0 aromatic rings. The number of rotatable bonds is 5. The van der Waals surface area contributed by atoms with Crippen LogP contribution in [0.5, 0.6) is 0 Å². The van der Waals surface area contributed by atoms with Crippen LogP contribution in [0.2, 0.25) is 0 Å². The van der Waals surface area contributed by atoms with E-state index in [-0.39, 0.29) is 11.0 Å². The number of hydrogen-bond acceptors (Lipinski definition) is 3. The molecule has 0 amide bonds. The number of nitrogens with zero attached hydrogens (tertiary/aromatic N) is 1. The minimum Gasteiger partial charge on any atom is -0.352 e. The molecule has 0 radical (unpaired) electrons. The number of epoxide rings is 1. The van der Waals surface area contributed by atoms with Gasteiger partial charge < -0.3 is 4.74 Å². The van der Waals surface area contributed by atoms with Gasteiger partial charge in [0.25, 0.3) is 0 Å². The first-order chi connectivity index (χ1) is 6.69. The Bertz CT molecular complexity index is 229. The molecule has 0 spiro atoms. The molecule has 2 unspecified atom stereocenters. The van der Waals surface area contributed by atoms with Crippen LogP contribution in [-0.2, 0) is 4.74 Å². The van der Waals surface area contributed by atoms with Gasteiger partial charge in [0, 0.05) is 28.4 Å². The van der Waals surface area contributed by atoms with E-state index in [9.17, 15) is 0 Å². The van der Waals surface area contributed by atoms with E-state index in [0.29, 0.717) is 12.3 Å². The minimum atomic E-state index is 0.160. The lowest BCUT2D eigenvalue weighted by atomic mass is 9.77. The van der Waals surface area contributed by atoms with Crippen LogP contribution in [0.4, 0.5) is 0 Å². The normalized spacial score (nSPS) is 27.2. The van der Waals surface area contributed by atoms with Crippen molar-refractivity contribution >= 4 is 22.9 Å². The third-order valence-corrected chi connectivity index (χ3v) is 4.36. The van der Waals surface area contributed by atoms with Crippen molar-refractivity contribution < 1.29 is 4.74 Å². The predicted octanol–water partition coefficient (Wildman–Crippen LogP) is 2.41. The third-order valence-electron chi connectivity index (χ3n) is 2.90. The quantitative estimate of drug-likeness (QED) is 0.478. The second-order valence-electron chi connectivity index (χ2n) is 6.05. The number of halogens is 1. The van der Waals surface area contributed by atoms with Gasteiger partial charge in [0.05, 0.1) is 0 Å². The topological polar surface area (TPSA) is 27.8 Å². The van der Waals surface area contributed by atoms with Crippen LogP contribution in [-0.4, -0.2) is 36.9 Å². The SMILES string of the molecule is CN(C)C1OC1C(C)(C)CC(C)(C)NI. The zero-order valence-electron chi connectivity index (χ0n) is 10.6. The Morgan fingerprint density at radius 2 is 1.80 bits per heavy atom. The van der Waals surface area contributed by atoms with Gasteiger partial charge in [-0.1, -0.05) is 13.8 Å². The van der Waals surface area contributed by atoms with Gasteiger partial charge in [-0.3, -0.25) is 8.43 Å². The molecule has 4 heteroatoms. The molecule has 15 heavy (non-hydrogen) atoms. The van der Waals surface area contributed by atoms with Crippen LogP contribution in [0.15, 0.2) is 0 Å². The summed E-state index contributed by atoms with van der Waals surface area (Å²) in [4.78, 5) is 2.15. The summed E-state index contributed by atoms with van der Waals surface area (Å²) in [6.45, 7) is 9.04. The fourth-order valence-electron chi connectivity index (χ4n) is 2.34. The lowest BCUT2D eigenvalue weighted by molar-refractivity contribution is 0.182. The highest BCUT2D eigenvalue weighted by molar-refractivity contribution is 14.1. The van der Waals surface area contributed by atoms with Crippen LogP contribution >= 0.6 is 22.9 Å². The Balaban J connectivity index is 2.54. The van der Waals surface area contributed by atoms with Crippen molar-refractivity contribution in [2.75, 3.05) is 14.1 Å². The maximum absolute atomic E-state index is 5.73. The first-order valence-corrected chi connectivity index (χ1v) is 6.47. The molecular weight excluding hydrogens is 303 g/mol. The summed E-state index contributed by atoms with van der Waals surface area (Å²) >= 11 is 2.23. The molecule has 1 heterocycles. The van der Waals surface area contributed by atoms with Crippen LogP contribution in [0.1, 0.15) is 34.1 Å². The number of likely N-dealkylation sites (N-methyl/N-ethyl adjacent to an activating group) is 1. The second-order valence-corrected chi connectivity index (χ2v) is 6.59. The molecule has 0 aromatic heterocycles. The van der Waals surface area contributed by atoms with Gasteiger partial charge in [0.15, 0.2) is 0 Å². The van der Waals surface area contributed by atoms with Crippen LogP contribution < -0.4 is 3.53 Å². The van der Waals surface area contributed by atoms with Crippen LogP contribution in [0.25, 0.3) is 0 Å². The van der Waals surface area contributed by atoms with E-state index < -0.39 is 0 Å². The summed E-state index contributed by atoms with van der Waals surface area (Å²) < 4.78 is 9.05. The van der Waals surface area contributed by atoms with Gasteiger partial charge in [0.2, 0.25) is 0 Å². The van der Waals surface area contributed by atoms with E-state index in [1.54, 1.807) is 0 Å². The van der Waals surface area contributed by atoms with Gasteiger partial charge in [-0.05, 0) is 39.8 Å². The first kappa shape index (κ1) is 13.7. The molecule has 0 aliphatic carbocycles. The van der Waals surface area contributed by atoms with Crippen LogP contribution in [0.3, 0.4) is 0 Å². The Labute approximate surface area is 107 Å². The summed E-state index contributed by atoms with van der Waals surface area (Å²) in [5, 5.41) is 0. The van der Waals surface area contributed by atoms with Crippen molar-refractivity contribution in [1.29, 1.82) is 0 Å². The lowest BCUT2D eigenvalue weighted by Gasteiger charge is -2.33. The Kier molecular flexibility index (Phi) is 4.07. The maximum atomic E-state index is 5.73. The molecule has 3 nitrogen and oxygen atoms in total. The summed E-state index contributed by atoms with van der Waals surface area (Å²) in [6.07, 6.45) is 1.79. The second kappa shape index (κ2) is 4.47. The van der Waals surface area contributed by atoms with E-state index in [1.165, 1.54) is 0 Å². The first-order valence-electron chi connectivity index (χ1n) is 5.39. The molecule has 1 aliphatic rings. The van der Waals surface area contributed by atoms with Gasteiger partial charge in [0.1, 0.15) is 12.3 Å². The maximum Gasteiger partial charge on any atom is 0.137 e. The minimum absolute atomic E-state index is 0.160. The monoisotopic (exact) mass is 326 g/mol. The largest absolute Gasteiger partial charge is 0.352 e. The van der Waals surface area contributed by atoms with Crippen molar-refractivity contribution in [3.05, 3.63) is 0 Å². The number of ether oxygens (including phenoxy) is 1. The Morgan fingerprint density at radius 3 is 2.13 bits per heavy atom. The third kappa shape index (κ3) is 3.54. The molecule has 0 saturated carbocycles. The van der Waals surface area contributed by atoms with Crippen molar-refractivity contribution in [2.45, 2.75) is 52.0 Å². The van der Waals surface area contributed by atoms with Gasteiger partial charge in [-0.15, -0.1) is 0 Å². The summed E-state index contributed by atoms with van der Waals surface area (Å²) in [5.41, 5.74) is 0.378. The zero-order valence-corrected chi connectivity index (χ0v) is 12.8. The molecule has 1 fully saturated rings. The highest BCUT2D eigenvalue weighted by Crippen LogP contribution is 2.44. The number of hydrogen-bond donors (Lipinski definition) is 1. The Hall–Kier alpha value is 0.610. The standard InChI is InChI=1S/C11H23IN2O/c1-10(2,7-11(3,4)13-12)8-9(15-8)14(5)6/h8-9,13H,7H2,1-6H3. The van der Waals surface area contributed by atoms with E-state index in [2.05, 4.69) is 73.1 Å². The van der Waals surface area contributed by atoms with Crippen molar-refractivity contribution in [3.63, 3.8) is 0 Å². The highest BCUT2D eigenvalue weighted by Gasteiger charge is 2.52. The molecular formula is C11H23IN2O. The van der Waals surface area contributed by atoms with E-state index >= 15 is 0 Å². The molecule has 0 bridgehead atoms. The van der Waals surface area contributed by atoms with E-state index in [4.69, 9.17) is 4.74 Å². The van der Waals surface area contributed by atoms with Crippen molar-refractivity contribution in [2.24, 2.45) is 5.41 Å². The molecule has 90 valence electrons. The molecule has 1 rings (SSSR count). The average Bonchev–Trinajstić information content (AvgIpc) is 2.80. The highest BCUT2D eigenvalue weighted by atomic mass is 127. The fraction of sp³-hybridized carbons (Fsp3) is 1.00. The zero-order chi connectivity index (χ0) is 11.9. The molecule has 0 aromatic carbocycles. The lowest BCUT2D eigenvalue weighted by Crippen LogP contribution is -2.40. The summed E-state index contributed by atoms with van der Waals surface area (Å²) in [7, 11) is 4.14. The fourth-order valence-corrected chi connectivity index (χ4v) is 2.53. The molecule has 1 saturated heterocycles. The van der Waals surface area contributed by atoms with Crippen LogP contribution in [0, 0.1) is 5.41 Å². The predicted molar refractivity (Wildman–Crippen MR) is 72.0 cm³/mol. The average molecular weight is 326 g/mol. The van der Waals surface area contributed by atoms with Crippen molar-refractivity contribution in [3.8, 4) is 0 Å². The van der Waals surface area contributed by atoms with Gasteiger partial charge >= 0.3 is 0 Å². The van der Waals surface area contributed by atoms with Gasteiger partial charge in [-0.25, -0.2) is 0 Å². The summed E-state index contributed by atoms with van der Waals surface area (Å²) in [6, 6.07) is 0. The Morgan fingerprint density at radius 1 is 1.27 bits per heavy atom. The smallest absolute Gasteiger partial charge is 0.137 e. The molecule has 2 atom stereocenters. The summed E-state index contributed by atoms with van der Waals surface area (Å²) in [5.74, 6) is 0.